The van der Waals surface area contributed by atoms with Gasteiger partial charge in [0.2, 0.25) is 11.8 Å². The summed E-state index contributed by atoms with van der Waals surface area (Å²) in [7, 11) is 1.00. The lowest BCUT2D eigenvalue weighted by atomic mass is 10.2. The average molecular weight is 283 g/mol. The Morgan fingerprint density at radius 2 is 1.65 bits per heavy atom. The summed E-state index contributed by atoms with van der Waals surface area (Å²) in [6.07, 6.45) is 0. The first-order valence-electron chi connectivity index (χ1n) is 6.30. The van der Waals surface area contributed by atoms with Crippen molar-refractivity contribution in [1.82, 2.24) is 10.6 Å². The molecule has 20 heavy (non-hydrogen) atoms. The van der Waals surface area contributed by atoms with Gasteiger partial charge in [-0.3, -0.25) is 9.59 Å². The number of hydrogen-bond acceptors (Lipinski definition) is 4. The molecular weight excluding hydrogens is 258 g/mol. The standard InChI is InChI=1S/C7H8.C6H13N3O2.CH4O/c1-7-5-3-2-4-6-7;1-2-8-6(11)4-9-5(10)3-7;1-2/h2-6H,1H3;2-4,7H2,1H3,(H,8,11)(H,9,10);2H,1H3. The van der Waals surface area contributed by atoms with Crippen molar-refractivity contribution in [2.24, 2.45) is 5.73 Å². The number of likely N-dealkylation sites (N-methyl/N-ethyl adjacent to an activating group) is 1. The van der Waals surface area contributed by atoms with Crippen molar-refractivity contribution in [2.45, 2.75) is 13.8 Å². The SMILES string of the molecule is CCNC(=O)CNC(=O)CN.CO.Cc1ccccc1. The minimum atomic E-state index is -0.323. The van der Waals surface area contributed by atoms with Gasteiger partial charge in [-0.15, -0.1) is 0 Å². The monoisotopic (exact) mass is 283 g/mol. The van der Waals surface area contributed by atoms with Crippen molar-refractivity contribution < 1.29 is 14.7 Å². The molecule has 0 spiro atoms. The summed E-state index contributed by atoms with van der Waals surface area (Å²) in [5.74, 6) is -0.523. The quantitative estimate of drug-likeness (QED) is 0.614. The van der Waals surface area contributed by atoms with Crippen LogP contribution >= 0.6 is 0 Å². The summed E-state index contributed by atoms with van der Waals surface area (Å²) in [5, 5.41) is 11.9. The van der Waals surface area contributed by atoms with Gasteiger partial charge in [0.1, 0.15) is 0 Å². The molecular formula is C14H25N3O3. The van der Waals surface area contributed by atoms with Gasteiger partial charge in [0.05, 0.1) is 13.1 Å². The van der Waals surface area contributed by atoms with Crippen molar-refractivity contribution in [3.63, 3.8) is 0 Å². The number of carbonyl (C=O) groups excluding carboxylic acids is 2. The maximum absolute atomic E-state index is 10.7. The number of rotatable bonds is 4. The van der Waals surface area contributed by atoms with Gasteiger partial charge in [-0.05, 0) is 13.8 Å². The van der Waals surface area contributed by atoms with Gasteiger partial charge in [0.15, 0.2) is 0 Å². The average Bonchev–Trinajstić information content (AvgIpc) is 2.48. The van der Waals surface area contributed by atoms with E-state index in [1.165, 1.54) is 5.56 Å². The predicted molar refractivity (Wildman–Crippen MR) is 80.1 cm³/mol. The highest BCUT2D eigenvalue weighted by Crippen LogP contribution is 1.92. The minimum Gasteiger partial charge on any atom is -0.400 e. The third-order valence-electron chi connectivity index (χ3n) is 1.95. The molecule has 0 heterocycles. The zero-order valence-electron chi connectivity index (χ0n) is 12.3. The molecule has 0 unspecified atom stereocenters. The topological polar surface area (TPSA) is 104 Å². The molecule has 0 aliphatic heterocycles. The fourth-order valence-corrected chi connectivity index (χ4v) is 1.05. The largest absolute Gasteiger partial charge is 0.400 e. The number of hydrogen-bond donors (Lipinski definition) is 4. The Labute approximate surface area is 120 Å². The van der Waals surface area contributed by atoms with Gasteiger partial charge < -0.3 is 21.5 Å². The molecule has 1 rings (SSSR count). The van der Waals surface area contributed by atoms with Crippen molar-refractivity contribution in [2.75, 3.05) is 26.7 Å². The second-order valence-electron chi connectivity index (χ2n) is 3.59. The van der Waals surface area contributed by atoms with Crippen molar-refractivity contribution in [3.05, 3.63) is 35.9 Å². The number of aliphatic hydroxyl groups excluding tert-OH is 1. The van der Waals surface area contributed by atoms with Crippen molar-refractivity contribution >= 4 is 11.8 Å². The predicted octanol–water partition coefficient (Wildman–Crippen LogP) is -0.199. The molecule has 2 amide bonds. The van der Waals surface area contributed by atoms with Crippen LogP contribution in [0.5, 0.6) is 0 Å². The molecule has 0 saturated heterocycles. The molecule has 6 heteroatoms. The Kier molecular flexibility index (Phi) is 15.4. The van der Waals surface area contributed by atoms with E-state index in [1.807, 2.05) is 25.1 Å². The second kappa shape index (κ2) is 15.1. The van der Waals surface area contributed by atoms with E-state index in [2.05, 4.69) is 29.7 Å². The normalized spacial score (nSPS) is 8.25. The van der Waals surface area contributed by atoms with Crippen LogP contribution in [0.2, 0.25) is 0 Å². The Morgan fingerprint density at radius 3 is 2.00 bits per heavy atom. The molecule has 0 radical (unpaired) electrons. The van der Waals surface area contributed by atoms with E-state index in [-0.39, 0.29) is 24.9 Å². The third kappa shape index (κ3) is 14.1. The summed E-state index contributed by atoms with van der Waals surface area (Å²) in [6.45, 7) is 4.38. The number of benzene rings is 1. The number of aryl methyl sites for hydroxylation is 1. The van der Waals surface area contributed by atoms with Crippen LogP contribution in [-0.2, 0) is 9.59 Å². The Morgan fingerprint density at radius 1 is 1.10 bits per heavy atom. The van der Waals surface area contributed by atoms with Crippen LogP contribution in [0.1, 0.15) is 12.5 Å². The van der Waals surface area contributed by atoms with Gasteiger partial charge >= 0.3 is 0 Å². The van der Waals surface area contributed by atoms with Crippen LogP contribution in [0.4, 0.5) is 0 Å². The smallest absolute Gasteiger partial charge is 0.239 e. The highest BCUT2D eigenvalue weighted by atomic mass is 16.2. The van der Waals surface area contributed by atoms with Crippen LogP contribution in [0.25, 0.3) is 0 Å². The molecule has 0 aliphatic rings. The number of amides is 2. The maximum Gasteiger partial charge on any atom is 0.239 e. The molecule has 0 aliphatic carbocycles. The molecule has 0 bridgehead atoms. The van der Waals surface area contributed by atoms with Crippen molar-refractivity contribution in [1.29, 1.82) is 0 Å². The lowest BCUT2D eigenvalue weighted by molar-refractivity contribution is -0.125. The second-order valence-corrected chi connectivity index (χ2v) is 3.59. The van der Waals surface area contributed by atoms with E-state index in [4.69, 9.17) is 10.8 Å². The molecule has 0 atom stereocenters. The zero-order valence-corrected chi connectivity index (χ0v) is 12.3. The van der Waals surface area contributed by atoms with Crippen LogP contribution < -0.4 is 16.4 Å². The summed E-state index contributed by atoms with van der Waals surface area (Å²) < 4.78 is 0. The Bertz CT molecular complexity index is 356. The van der Waals surface area contributed by atoms with E-state index in [0.717, 1.165) is 7.11 Å². The van der Waals surface area contributed by atoms with E-state index < -0.39 is 0 Å². The Balaban J connectivity index is 0. The number of nitrogens with two attached hydrogens (primary N) is 1. The summed E-state index contributed by atoms with van der Waals surface area (Å²) in [5.41, 5.74) is 6.31. The number of carbonyl (C=O) groups is 2. The van der Waals surface area contributed by atoms with Gasteiger partial charge in [-0.1, -0.05) is 35.9 Å². The highest BCUT2D eigenvalue weighted by molar-refractivity contribution is 5.85. The zero-order chi connectivity index (χ0) is 15.8. The first kappa shape index (κ1) is 20.4. The van der Waals surface area contributed by atoms with E-state index >= 15 is 0 Å². The summed E-state index contributed by atoms with van der Waals surface area (Å²) >= 11 is 0. The molecule has 0 fully saturated rings. The molecule has 0 saturated carbocycles. The van der Waals surface area contributed by atoms with E-state index in [1.54, 1.807) is 0 Å². The molecule has 5 N–H and O–H groups in total. The molecule has 0 aromatic heterocycles. The van der Waals surface area contributed by atoms with Crippen LogP contribution in [-0.4, -0.2) is 43.7 Å². The molecule has 6 nitrogen and oxygen atoms in total. The third-order valence-corrected chi connectivity index (χ3v) is 1.95. The maximum atomic E-state index is 10.7. The lowest BCUT2D eigenvalue weighted by Crippen LogP contribution is -2.39. The summed E-state index contributed by atoms with van der Waals surface area (Å²) in [4.78, 5) is 21.2. The van der Waals surface area contributed by atoms with Gasteiger partial charge in [-0.2, -0.15) is 0 Å². The van der Waals surface area contributed by atoms with E-state index in [9.17, 15) is 9.59 Å². The number of aliphatic hydroxyl groups is 1. The number of nitrogens with one attached hydrogen (secondary N) is 2. The van der Waals surface area contributed by atoms with Crippen molar-refractivity contribution in [3.8, 4) is 0 Å². The van der Waals surface area contributed by atoms with Gasteiger partial charge in [-0.25, -0.2) is 0 Å². The van der Waals surface area contributed by atoms with Gasteiger partial charge in [0.25, 0.3) is 0 Å². The molecule has 1 aromatic carbocycles. The molecule has 1 aromatic rings. The van der Waals surface area contributed by atoms with Crippen LogP contribution in [0.15, 0.2) is 30.3 Å². The van der Waals surface area contributed by atoms with Gasteiger partial charge in [0, 0.05) is 13.7 Å². The Hall–Kier alpha value is -1.92. The highest BCUT2D eigenvalue weighted by Gasteiger charge is 2.00. The lowest BCUT2D eigenvalue weighted by Gasteiger charge is -2.02. The first-order valence-corrected chi connectivity index (χ1v) is 6.30. The fourth-order valence-electron chi connectivity index (χ4n) is 1.05. The molecule has 114 valence electrons. The van der Waals surface area contributed by atoms with E-state index in [0.29, 0.717) is 6.54 Å². The summed E-state index contributed by atoms with van der Waals surface area (Å²) in [6, 6.07) is 10.3. The fraction of sp³-hybridized carbons (Fsp3) is 0.429. The van der Waals surface area contributed by atoms with Crippen LogP contribution in [0.3, 0.4) is 0 Å². The van der Waals surface area contributed by atoms with Crippen LogP contribution in [0, 0.1) is 6.92 Å². The minimum absolute atomic E-state index is 0.00384. The first-order chi connectivity index (χ1) is 9.60.